The molecular weight excluding hydrogens is 171 g/mol. The van der Waals surface area contributed by atoms with Crippen LogP contribution >= 0.6 is 23.2 Å². The van der Waals surface area contributed by atoms with Crippen molar-refractivity contribution in [1.82, 2.24) is 0 Å². The molecule has 1 N–H and O–H groups in total. The van der Waals surface area contributed by atoms with E-state index in [4.69, 9.17) is 24.6 Å². The average Bonchev–Trinajstić information content (AvgIpc) is 1.85. The number of hydrogen-bond acceptors (Lipinski definition) is 1. The highest BCUT2D eigenvalue weighted by atomic mass is 35.5. The third kappa shape index (κ3) is 1.36. The van der Waals surface area contributed by atoms with Gasteiger partial charge in [0.1, 0.15) is 5.75 Å². The fraction of sp³-hybridized carbons (Fsp3) is 0.143. The molecule has 0 aliphatic heterocycles. The molecule has 0 radical (unpaired) electrons. The highest BCUT2D eigenvalue weighted by Gasteiger charge is 2.02. The van der Waals surface area contributed by atoms with E-state index < -0.39 is 0 Å². The topological polar surface area (TPSA) is 20.2 Å². The van der Waals surface area contributed by atoms with Crippen LogP contribution in [-0.4, -0.2) is 6.54 Å². The summed E-state index contributed by atoms with van der Waals surface area (Å²) in [6, 6.07) is 3.23. The molecule has 3 heteroatoms. The Balaban J connectivity index is 3.25. The normalized spacial score (nSPS) is 10.9. The molecule has 0 amide bonds. The van der Waals surface area contributed by atoms with E-state index in [2.05, 4.69) is 5.11 Å². The van der Waals surface area contributed by atoms with Gasteiger partial charge in [-0.25, -0.2) is 0 Å². The van der Waals surface area contributed by atoms with Gasteiger partial charge in [-0.3, -0.25) is 0 Å². The third-order valence-corrected chi connectivity index (χ3v) is 1.69. The van der Waals surface area contributed by atoms with Gasteiger partial charge >= 0.3 is 0 Å². The van der Waals surface area contributed by atoms with E-state index in [1.807, 2.05) is 0 Å². The fourth-order valence-electron chi connectivity index (χ4n) is 0.689. The Bertz CT molecular complexity index is 252. The van der Waals surface area contributed by atoms with Crippen molar-refractivity contribution in [3.8, 4) is 5.75 Å². The number of aromatic hydroxyl groups is 1. The van der Waals surface area contributed by atoms with Crippen molar-refractivity contribution in [2.45, 2.75) is 6.92 Å². The van der Waals surface area contributed by atoms with E-state index in [1.165, 1.54) is 0 Å². The maximum atomic E-state index is 6.67. The molecule has 0 aromatic heterocycles. The van der Waals surface area contributed by atoms with Crippen molar-refractivity contribution in [2.75, 3.05) is 0 Å². The number of benzene rings is 1. The molecule has 0 aliphatic rings. The minimum atomic E-state index is 0.357. The van der Waals surface area contributed by atoms with Crippen LogP contribution in [0.2, 0.25) is 10.0 Å². The van der Waals surface area contributed by atoms with Crippen LogP contribution in [0.25, 0.3) is 0 Å². The molecular formula is C7H6Cl2O. The monoisotopic (exact) mass is 177 g/mol. The van der Waals surface area contributed by atoms with Gasteiger partial charge in [-0.1, -0.05) is 23.2 Å². The molecule has 1 rings (SSSR count). The number of halogens is 2. The number of phenolic OH excluding ortho intramolecular Hbond substituents is 1. The average molecular weight is 178 g/mol. The van der Waals surface area contributed by atoms with Crippen LogP contribution in [0.3, 0.4) is 0 Å². The lowest BCUT2D eigenvalue weighted by Gasteiger charge is -2.00. The summed E-state index contributed by atoms with van der Waals surface area (Å²) in [5, 5.41) is 5.21. The van der Waals surface area contributed by atoms with Gasteiger partial charge in [0.25, 0.3) is 1.43 Å². The second-order valence-electron chi connectivity index (χ2n) is 2.03. The highest BCUT2D eigenvalue weighted by Crippen LogP contribution is 2.29. The Labute approximate surface area is 70.7 Å². The van der Waals surface area contributed by atoms with Crippen molar-refractivity contribution < 1.29 is 5.11 Å². The van der Waals surface area contributed by atoms with Crippen molar-refractivity contribution >= 4 is 23.2 Å². The van der Waals surface area contributed by atoms with Gasteiger partial charge in [0.05, 0.1) is 5.02 Å². The van der Waals surface area contributed by atoms with E-state index in [0.29, 0.717) is 15.8 Å². The van der Waals surface area contributed by atoms with Gasteiger partial charge in [-0.15, -0.1) is 0 Å². The second kappa shape index (κ2) is 2.69. The Hall–Kier alpha value is -0.400. The summed E-state index contributed by atoms with van der Waals surface area (Å²) in [5.74, 6) is 0.357. The Morgan fingerprint density at radius 1 is 1.50 bits per heavy atom. The zero-order chi connectivity index (χ0) is 8.43. The van der Waals surface area contributed by atoms with Crippen LogP contribution in [0, 0.1) is 6.92 Å². The van der Waals surface area contributed by atoms with Crippen molar-refractivity contribution in [3.05, 3.63) is 27.7 Å². The predicted molar refractivity (Wildman–Crippen MR) is 42.9 cm³/mol. The number of aryl methyl sites for hydroxylation is 1. The maximum absolute atomic E-state index is 6.67. The summed E-state index contributed by atoms with van der Waals surface area (Å²) in [6.45, 7) is 1.78. The lowest BCUT2D eigenvalue weighted by molar-refractivity contribution is 0.471. The molecule has 1 aromatic carbocycles. The van der Waals surface area contributed by atoms with E-state index in [1.54, 1.807) is 19.1 Å². The van der Waals surface area contributed by atoms with Gasteiger partial charge < -0.3 is 5.11 Å². The fourth-order valence-corrected chi connectivity index (χ4v) is 1.28. The molecule has 1 aromatic rings. The summed E-state index contributed by atoms with van der Waals surface area (Å²) in [7, 11) is 0. The number of phenols is 1. The molecule has 0 atom stereocenters. The van der Waals surface area contributed by atoms with Crippen LogP contribution in [-0.2, 0) is 0 Å². The zero-order valence-electron chi connectivity index (χ0n) is 6.32. The Kier molecular flexibility index (Phi) is 1.70. The molecule has 0 fully saturated rings. The van der Waals surface area contributed by atoms with Crippen LogP contribution in [0.5, 0.6) is 5.75 Å². The predicted octanol–water partition coefficient (Wildman–Crippen LogP) is 3.01. The zero-order valence-corrected chi connectivity index (χ0v) is 6.83. The largest absolute Gasteiger partial charge is 0.506 e. The molecule has 0 aliphatic carbocycles. The van der Waals surface area contributed by atoms with Gasteiger partial charge in [0, 0.05) is 5.02 Å². The first-order chi connectivity index (χ1) is 5.15. The molecule has 10 heavy (non-hydrogen) atoms. The van der Waals surface area contributed by atoms with E-state index in [9.17, 15) is 0 Å². The van der Waals surface area contributed by atoms with Crippen LogP contribution in [0.4, 0.5) is 0 Å². The maximum Gasteiger partial charge on any atom is 0.293 e. The number of rotatable bonds is 1. The van der Waals surface area contributed by atoms with Gasteiger partial charge in [-0.2, -0.15) is 0 Å². The van der Waals surface area contributed by atoms with Crippen molar-refractivity contribution in [1.29, 1.82) is 1.43 Å². The molecule has 0 saturated heterocycles. The lowest BCUT2D eigenvalue weighted by Crippen LogP contribution is -1.75. The number of hydrogen-bond donors (Lipinski definition) is 1. The smallest absolute Gasteiger partial charge is 0.293 e. The first-order valence-electron chi connectivity index (χ1n) is 3.15. The van der Waals surface area contributed by atoms with E-state index in [-0.39, 0.29) is 0 Å². The van der Waals surface area contributed by atoms with Gasteiger partial charge in [-0.05, 0) is 24.6 Å². The van der Waals surface area contributed by atoms with Crippen molar-refractivity contribution in [3.63, 3.8) is 0 Å². The first kappa shape index (κ1) is 6.32. The summed E-state index contributed by atoms with van der Waals surface area (Å²) >= 11 is 11.4. The quantitative estimate of drug-likeness (QED) is 0.700. The van der Waals surface area contributed by atoms with Gasteiger partial charge in [0.2, 0.25) is 0 Å². The lowest BCUT2D eigenvalue weighted by atomic mass is 10.2. The SMILES string of the molecule is [2H]Oc1c(C)cc(Cl)cc1Cl. The summed E-state index contributed by atoms with van der Waals surface area (Å²) in [4.78, 5) is 0. The van der Waals surface area contributed by atoms with E-state index in [0.717, 1.165) is 5.56 Å². The molecule has 1 nitrogen and oxygen atoms in total. The third-order valence-electron chi connectivity index (χ3n) is 1.19. The van der Waals surface area contributed by atoms with E-state index >= 15 is 0 Å². The second-order valence-corrected chi connectivity index (χ2v) is 2.88. The molecule has 0 saturated carbocycles. The minimum absolute atomic E-state index is 0.357. The molecule has 0 heterocycles. The summed E-state index contributed by atoms with van der Waals surface area (Å²) < 4.78 is 6.67. The summed E-state index contributed by atoms with van der Waals surface area (Å²) in [5.41, 5.74) is 0.762. The molecule has 0 spiro atoms. The summed E-state index contributed by atoms with van der Waals surface area (Å²) in [6.07, 6.45) is 0. The van der Waals surface area contributed by atoms with Crippen LogP contribution in [0.15, 0.2) is 12.1 Å². The molecule has 54 valence electrons. The van der Waals surface area contributed by atoms with Crippen molar-refractivity contribution in [2.24, 2.45) is 0 Å². The minimum Gasteiger partial charge on any atom is -0.506 e. The first-order valence-corrected chi connectivity index (χ1v) is 3.49. The Morgan fingerprint density at radius 2 is 2.20 bits per heavy atom. The molecule has 0 unspecified atom stereocenters. The van der Waals surface area contributed by atoms with Crippen LogP contribution in [0.1, 0.15) is 5.56 Å². The Morgan fingerprint density at radius 3 is 2.70 bits per heavy atom. The standard InChI is InChI=1S/C7H6Cl2O/c1-4-2-5(8)3-6(9)7(4)10/h2-3,10H,1H3/i/hD. The van der Waals surface area contributed by atoms with Crippen LogP contribution < -0.4 is 0 Å². The van der Waals surface area contributed by atoms with Gasteiger partial charge in [0.15, 0.2) is 0 Å². The molecule has 0 bridgehead atoms. The highest BCUT2D eigenvalue weighted by molar-refractivity contribution is 6.35.